The highest BCUT2D eigenvalue weighted by Crippen LogP contribution is 2.25. The van der Waals surface area contributed by atoms with Gasteiger partial charge in [-0.2, -0.15) is 0 Å². The first-order valence-electron chi connectivity index (χ1n) is 14.0. The van der Waals surface area contributed by atoms with E-state index in [0.29, 0.717) is 6.61 Å². The first-order chi connectivity index (χ1) is 18.8. The van der Waals surface area contributed by atoms with Crippen LogP contribution < -0.4 is 14.5 Å². The van der Waals surface area contributed by atoms with Crippen LogP contribution >= 0.6 is 0 Å². The molecular weight excluding hydrogens is 474 g/mol. The summed E-state index contributed by atoms with van der Waals surface area (Å²) in [5, 5.41) is 0. The third-order valence-electron chi connectivity index (χ3n) is 7.51. The molecule has 0 atom stereocenters. The summed E-state index contributed by atoms with van der Waals surface area (Å²) in [6, 6.07) is 26.3. The number of hydrogen-bond donors (Lipinski definition) is 0. The molecule has 2 aliphatic rings. The minimum Gasteiger partial charge on any atom is -0.497 e. The van der Waals surface area contributed by atoms with Gasteiger partial charge in [0, 0.05) is 57.2 Å². The normalized spacial score (nSPS) is 16.1. The van der Waals surface area contributed by atoms with Crippen LogP contribution in [-0.4, -0.2) is 64.6 Å². The number of anilines is 2. The van der Waals surface area contributed by atoms with Gasteiger partial charge in [-0.1, -0.05) is 36.4 Å². The standard InChI is InChI=1S/C32H41N3O3/c1-36-32-6-4-5-29(23-32)25-35(24-27-7-11-30(12-8-27)34-15-2-3-16-34)31-13-9-28(10-14-31)26-38-22-19-33-17-20-37-21-18-33/h4-14,23H,2-3,15-22,24-26H2,1H3. The van der Waals surface area contributed by atoms with Gasteiger partial charge in [0.2, 0.25) is 0 Å². The molecule has 5 rings (SSSR count). The molecule has 6 heteroatoms. The van der Waals surface area contributed by atoms with Crippen LogP contribution in [0, 0.1) is 0 Å². The van der Waals surface area contributed by atoms with Gasteiger partial charge in [0.15, 0.2) is 0 Å². The molecule has 2 saturated heterocycles. The Balaban J connectivity index is 1.23. The first kappa shape index (κ1) is 26.5. The molecular formula is C32H41N3O3. The van der Waals surface area contributed by atoms with Crippen molar-refractivity contribution in [1.29, 1.82) is 0 Å². The van der Waals surface area contributed by atoms with Crippen molar-refractivity contribution < 1.29 is 14.2 Å². The lowest BCUT2D eigenvalue weighted by Crippen LogP contribution is -2.38. The molecule has 0 unspecified atom stereocenters. The minimum atomic E-state index is 0.637. The zero-order valence-corrected chi connectivity index (χ0v) is 22.7. The van der Waals surface area contributed by atoms with E-state index < -0.39 is 0 Å². The molecule has 0 amide bonds. The maximum atomic E-state index is 5.98. The van der Waals surface area contributed by atoms with Crippen LogP contribution in [-0.2, 0) is 29.2 Å². The minimum absolute atomic E-state index is 0.637. The Kier molecular flexibility index (Phi) is 9.54. The Morgan fingerprint density at radius 1 is 0.789 bits per heavy atom. The van der Waals surface area contributed by atoms with E-state index in [1.807, 2.05) is 6.07 Å². The van der Waals surface area contributed by atoms with Crippen molar-refractivity contribution in [2.24, 2.45) is 0 Å². The molecule has 6 nitrogen and oxygen atoms in total. The third kappa shape index (κ3) is 7.50. The summed E-state index contributed by atoms with van der Waals surface area (Å²) >= 11 is 0. The van der Waals surface area contributed by atoms with Crippen molar-refractivity contribution >= 4 is 11.4 Å². The Morgan fingerprint density at radius 3 is 2.24 bits per heavy atom. The number of ether oxygens (including phenoxy) is 3. The molecule has 3 aromatic rings. The maximum Gasteiger partial charge on any atom is 0.119 e. The first-order valence-corrected chi connectivity index (χ1v) is 14.0. The molecule has 0 radical (unpaired) electrons. The lowest BCUT2D eigenvalue weighted by atomic mass is 10.1. The van der Waals surface area contributed by atoms with Crippen LogP contribution in [0.2, 0.25) is 0 Å². The Hall–Kier alpha value is -3.06. The molecule has 0 aliphatic carbocycles. The third-order valence-corrected chi connectivity index (χ3v) is 7.51. The van der Waals surface area contributed by atoms with Crippen molar-refractivity contribution in [3.05, 3.63) is 89.5 Å². The van der Waals surface area contributed by atoms with Gasteiger partial charge >= 0.3 is 0 Å². The molecule has 202 valence electrons. The fraction of sp³-hybridized carbons (Fsp3) is 0.438. The monoisotopic (exact) mass is 515 g/mol. The molecule has 38 heavy (non-hydrogen) atoms. The summed E-state index contributed by atoms with van der Waals surface area (Å²) in [6.45, 7) is 10.0. The highest BCUT2D eigenvalue weighted by molar-refractivity contribution is 5.52. The van der Waals surface area contributed by atoms with E-state index in [4.69, 9.17) is 14.2 Å². The highest BCUT2D eigenvalue weighted by atomic mass is 16.5. The van der Waals surface area contributed by atoms with Gasteiger partial charge in [0.25, 0.3) is 0 Å². The molecule has 2 fully saturated rings. The van der Waals surface area contributed by atoms with Gasteiger partial charge in [-0.15, -0.1) is 0 Å². The van der Waals surface area contributed by atoms with E-state index >= 15 is 0 Å². The molecule has 2 heterocycles. The van der Waals surface area contributed by atoms with E-state index in [1.165, 1.54) is 54.0 Å². The Bertz CT molecular complexity index is 1110. The van der Waals surface area contributed by atoms with Crippen LogP contribution in [0.15, 0.2) is 72.8 Å². The molecule has 0 aromatic heterocycles. The SMILES string of the molecule is COc1cccc(CN(Cc2ccc(N3CCCC3)cc2)c2ccc(COCCN3CCOCC3)cc2)c1. The van der Waals surface area contributed by atoms with E-state index in [0.717, 1.165) is 58.3 Å². The average molecular weight is 516 g/mol. The van der Waals surface area contributed by atoms with Gasteiger partial charge < -0.3 is 24.0 Å². The van der Waals surface area contributed by atoms with E-state index in [9.17, 15) is 0 Å². The Morgan fingerprint density at radius 2 is 1.50 bits per heavy atom. The van der Waals surface area contributed by atoms with E-state index in [-0.39, 0.29) is 0 Å². The maximum absolute atomic E-state index is 5.98. The van der Waals surface area contributed by atoms with Gasteiger partial charge in [0.1, 0.15) is 5.75 Å². The lowest BCUT2D eigenvalue weighted by Gasteiger charge is -2.27. The molecule has 0 bridgehead atoms. The summed E-state index contributed by atoms with van der Waals surface area (Å²) in [6.07, 6.45) is 2.59. The fourth-order valence-corrected chi connectivity index (χ4v) is 5.25. The summed E-state index contributed by atoms with van der Waals surface area (Å²) in [4.78, 5) is 7.32. The molecule has 2 aliphatic heterocycles. The zero-order valence-electron chi connectivity index (χ0n) is 22.7. The average Bonchev–Trinajstić information content (AvgIpc) is 3.52. The number of hydrogen-bond acceptors (Lipinski definition) is 6. The van der Waals surface area contributed by atoms with Gasteiger partial charge in [-0.25, -0.2) is 0 Å². The number of methoxy groups -OCH3 is 1. The second-order valence-electron chi connectivity index (χ2n) is 10.2. The molecule has 0 saturated carbocycles. The lowest BCUT2D eigenvalue weighted by molar-refractivity contribution is 0.0180. The number of nitrogens with zero attached hydrogens (tertiary/aromatic N) is 3. The molecule has 3 aromatic carbocycles. The largest absolute Gasteiger partial charge is 0.497 e. The second-order valence-corrected chi connectivity index (χ2v) is 10.2. The quantitative estimate of drug-likeness (QED) is 0.303. The number of rotatable bonds is 12. The second kappa shape index (κ2) is 13.7. The number of morpholine rings is 1. The summed E-state index contributed by atoms with van der Waals surface area (Å²) in [5.74, 6) is 0.891. The molecule has 0 spiro atoms. The van der Waals surface area contributed by atoms with Crippen molar-refractivity contribution in [3.63, 3.8) is 0 Å². The summed E-state index contributed by atoms with van der Waals surface area (Å²) in [7, 11) is 1.72. The van der Waals surface area contributed by atoms with E-state index in [2.05, 4.69) is 81.4 Å². The zero-order chi connectivity index (χ0) is 26.0. The van der Waals surface area contributed by atoms with Crippen LogP contribution in [0.4, 0.5) is 11.4 Å². The predicted octanol–water partition coefficient (Wildman–Crippen LogP) is 5.35. The smallest absolute Gasteiger partial charge is 0.119 e. The topological polar surface area (TPSA) is 37.4 Å². The fourth-order valence-electron chi connectivity index (χ4n) is 5.25. The van der Waals surface area contributed by atoms with Crippen LogP contribution in [0.3, 0.4) is 0 Å². The summed E-state index contributed by atoms with van der Waals surface area (Å²) in [5.41, 5.74) is 6.28. The van der Waals surface area contributed by atoms with E-state index in [1.54, 1.807) is 7.11 Å². The van der Waals surface area contributed by atoms with Gasteiger partial charge in [0.05, 0.1) is 33.5 Å². The van der Waals surface area contributed by atoms with Crippen LogP contribution in [0.1, 0.15) is 29.5 Å². The summed E-state index contributed by atoms with van der Waals surface area (Å²) < 4.78 is 16.9. The van der Waals surface area contributed by atoms with Crippen molar-refractivity contribution in [2.75, 3.05) is 69.5 Å². The van der Waals surface area contributed by atoms with Crippen molar-refractivity contribution in [2.45, 2.75) is 32.5 Å². The number of benzene rings is 3. The predicted molar refractivity (Wildman–Crippen MR) is 154 cm³/mol. The van der Waals surface area contributed by atoms with Gasteiger partial charge in [-0.05, 0) is 65.9 Å². The van der Waals surface area contributed by atoms with Crippen molar-refractivity contribution in [3.8, 4) is 5.75 Å². The highest BCUT2D eigenvalue weighted by Gasteiger charge is 2.14. The Labute approximate surface area is 227 Å². The van der Waals surface area contributed by atoms with Crippen molar-refractivity contribution in [1.82, 2.24) is 4.90 Å². The van der Waals surface area contributed by atoms with Gasteiger partial charge in [-0.3, -0.25) is 4.90 Å². The molecule has 0 N–H and O–H groups in total. The van der Waals surface area contributed by atoms with Crippen LogP contribution in [0.25, 0.3) is 0 Å². The van der Waals surface area contributed by atoms with Crippen LogP contribution in [0.5, 0.6) is 5.75 Å².